The van der Waals surface area contributed by atoms with Gasteiger partial charge in [-0.3, -0.25) is 10.1 Å². The van der Waals surface area contributed by atoms with Crippen molar-refractivity contribution in [3.05, 3.63) is 59.5 Å². The van der Waals surface area contributed by atoms with Gasteiger partial charge in [0, 0.05) is 44.2 Å². The van der Waals surface area contributed by atoms with Crippen molar-refractivity contribution in [1.29, 1.82) is 0 Å². The molecule has 9 nitrogen and oxygen atoms in total. The summed E-state index contributed by atoms with van der Waals surface area (Å²) in [5.41, 5.74) is 12.0. The van der Waals surface area contributed by atoms with E-state index in [2.05, 4.69) is 37.1 Å². The monoisotopic (exact) mass is 468 g/mol. The first-order chi connectivity index (χ1) is 17.1. The Morgan fingerprint density at radius 3 is 2.77 bits per heavy atom. The molecule has 3 aliphatic rings. The van der Waals surface area contributed by atoms with Crippen molar-refractivity contribution >= 4 is 28.5 Å². The van der Waals surface area contributed by atoms with Crippen LogP contribution in [0.4, 0.5) is 17.3 Å². The Labute approximate surface area is 203 Å². The predicted molar refractivity (Wildman–Crippen MR) is 134 cm³/mol. The quantitative estimate of drug-likeness (QED) is 0.460. The van der Waals surface area contributed by atoms with Crippen molar-refractivity contribution in [3.63, 3.8) is 0 Å². The summed E-state index contributed by atoms with van der Waals surface area (Å²) in [5, 5.41) is 7.76. The Kier molecular flexibility index (Phi) is 4.51. The number of nitrogens with zero attached hydrogens (tertiary/aromatic N) is 6. The van der Waals surface area contributed by atoms with Gasteiger partial charge in [0.2, 0.25) is 0 Å². The topological polar surface area (TPSA) is 109 Å². The largest absolute Gasteiger partial charge is 0.485 e. The normalized spacial score (nSPS) is 20.7. The van der Waals surface area contributed by atoms with Gasteiger partial charge < -0.3 is 20.3 Å². The fourth-order valence-corrected chi connectivity index (χ4v) is 5.91. The van der Waals surface area contributed by atoms with Crippen molar-refractivity contribution in [3.8, 4) is 5.75 Å². The molecule has 1 atom stereocenters. The second-order valence-corrected chi connectivity index (χ2v) is 9.77. The molecule has 9 heteroatoms. The van der Waals surface area contributed by atoms with Gasteiger partial charge in [0.05, 0.1) is 23.1 Å². The Bertz CT molecular complexity index is 1420. The van der Waals surface area contributed by atoms with Crippen molar-refractivity contribution in [2.45, 2.75) is 44.2 Å². The number of anilines is 3. The van der Waals surface area contributed by atoms with Gasteiger partial charge in [0.15, 0.2) is 22.8 Å². The van der Waals surface area contributed by atoms with Crippen LogP contribution in [0.5, 0.6) is 5.75 Å². The van der Waals surface area contributed by atoms with Crippen molar-refractivity contribution in [2.24, 2.45) is 5.73 Å². The molecule has 1 fully saturated rings. The van der Waals surface area contributed by atoms with Crippen LogP contribution in [0, 0.1) is 6.92 Å². The molecular formula is C26H28N8O. The van der Waals surface area contributed by atoms with Crippen LogP contribution in [0.2, 0.25) is 0 Å². The highest BCUT2D eigenvalue weighted by Gasteiger charge is 2.48. The highest BCUT2D eigenvalue weighted by molar-refractivity contribution is 5.88. The third kappa shape index (κ3) is 3.11. The Hall–Kier alpha value is -3.72. The summed E-state index contributed by atoms with van der Waals surface area (Å²) in [4.78, 5) is 19.0. The summed E-state index contributed by atoms with van der Waals surface area (Å²) < 4.78 is 6.42. The number of H-pyrrole nitrogens is 1. The maximum atomic E-state index is 6.66. The summed E-state index contributed by atoms with van der Waals surface area (Å²) in [6.07, 6.45) is 5.55. The molecule has 0 unspecified atom stereocenters. The minimum absolute atomic E-state index is 0.104. The number of rotatable bonds is 2. The summed E-state index contributed by atoms with van der Waals surface area (Å²) in [6, 6.07) is 12.1. The third-order valence-corrected chi connectivity index (χ3v) is 7.78. The fraction of sp³-hybridized carbons (Fsp3) is 0.385. The van der Waals surface area contributed by atoms with E-state index in [-0.39, 0.29) is 11.6 Å². The number of aromatic amines is 1. The maximum absolute atomic E-state index is 6.66. The number of piperidine rings is 1. The molecule has 0 aliphatic carbocycles. The van der Waals surface area contributed by atoms with Gasteiger partial charge in [0.25, 0.3) is 0 Å². The van der Waals surface area contributed by atoms with Crippen LogP contribution < -0.4 is 20.3 Å². The zero-order valence-corrected chi connectivity index (χ0v) is 19.7. The standard InChI is InChI=1S/C26H28N8O/c1-16-24(33-14-10-26(11-15-33)22(27)17-6-2-3-9-20(17)35-26)30-23-21(29-16)25(32-31-23)34-13-5-7-18-19(34)8-4-12-28-18/h2-4,6,8-9,12,22H,5,7,10-11,13-15,27H2,1H3,(H,30,31,32)/t22-/m1/s1. The van der Waals surface area contributed by atoms with Gasteiger partial charge >= 0.3 is 0 Å². The van der Waals surface area contributed by atoms with Crippen LogP contribution in [-0.2, 0) is 6.42 Å². The highest BCUT2D eigenvalue weighted by Crippen LogP contribution is 2.47. The SMILES string of the molecule is Cc1nc2c(N3CCCc4ncccc43)n[nH]c2nc1N1CCC2(CC1)Oc1ccccc1[C@H]2N. The van der Waals surface area contributed by atoms with E-state index in [9.17, 15) is 0 Å². The van der Waals surface area contributed by atoms with Crippen LogP contribution >= 0.6 is 0 Å². The van der Waals surface area contributed by atoms with E-state index in [1.54, 1.807) is 0 Å². The van der Waals surface area contributed by atoms with Gasteiger partial charge in [-0.15, -0.1) is 0 Å². The molecule has 3 aromatic heterocycles. The number of hydrogen-bond donors (Lipinski definition) is 2. The van der Waals surface area contributed by atoms with Gasteiger partial charge in [-0.2, -0.15) is 5.10 Å². The Morgan fingerprint density at radius 1 is 1.06 bits per heavy atom. The minimum Gasteiger partial charge on any atom is -0.485 e. The zero-order chi connectivity index (χ0) is 23.6. The molecule has 0 amide bonds. The number of hydrogen-bond acceptors (Lipinski definition) is 8. The molecule has 0 radical (unpaired) electrons. The van der Waals surface area contributed by atoms with Gasteiger partial charge in [-0.05, 0) is 38.0 Å². The molecule has 7 rings (SSSR count). The number of fused-ring (bicyclic) bond motifs is 3. The van der Waals surface area contributed by atoms with Crippen LogP contribution in [0.1, 0.15) is 42.3 Å². The molecule has 1 aromatic carbocycles. The van der Waals surface area contributed by atoms with E-state index >= 15 is 0 Å². The minimum atomic E-state index is -0.345. The van der Waals surface area contributed by atoms with E-state index in [0.717, 1.165) is 90.9 Å². The molecule has 178 valence electrons. The molecule has 35 heavy (non-hydrogen) atoms. The Balaban J connectivity index is 1.16. The number of para-hydroxylation sites is 1. The van der Waals surface area contributed by atoms with E-state index < -0.39 is 0 Å². The fourth-order valence-electron chi connectivity index (χ4n) is 5.91. The number of nitrogens with two attached hydrogens (primary N) is 1. The molecule has 3 N–H and O–H groups in total. The second kappa shape index (κ2) is 7.64. The number of aryl methyl sites for hydroxylation is 2. The molecule has 0 saturated carbocycles. The molecule has 4 aromatic rings. The van der Waals surface area contributed by atoms with E-state index in [1.807, 2.05) is 37.4 Å². The summed E-state index contributed by atoms with van der Waals surface area (Å²) in [6.45, 7) is 4.55. The number of ether oxygens (including phenoxy) is 1. The van der Waals surface area contributed by atoms with E-state index in [1.165, 1.54) is 0 Å². The average molecular weight is 469 g/mol. The molecule has 1 spiro atoms. The lowest BCUT2D eigenvalue weighted by Gasteiger charge is -2.41. The molecular weight excluding hydrogens is 440 g/mol. The number of benzene rings is 1. The molecule has 0 bridgehead atoms. The number of nitrogens with one attached hydrogen (secondary N) is 1. The molecule has 6 heterocycles. The lowest BCUT2D eigenvalue weighted by Crippen LogP contribution is -2.51. The summed E-state index contributed by atoms with van der Waals surface area (Å²) in [5.74, 6) is 2.63. The molecule has 1 saturated heterocycles. The van der Waals surface area contributed by atoms with Gasteiger partial charge in [-0.25, -0.2) is 9.97 Å². The maximum Gasteiger partial charge on any atom is 0.183 e. The van der Waals surface area contributed by atoms with E-state index in [4.69, 9.17) is 20.4 Å². The van der Waals surface area contributed by atoms with Gasteiger partial charge in [-0.1, -0.05) is 18.2 Å². The molecule has 3 aliphatic heterocycles. The number of pyridine rings is 1. The van der Waals surface area contributed by atoms with E-state index in [0.29, 0.717) is 5.65 Å². The smallest absolute Gasteiger partial charge is 0.183 e. The van der Waals surface area contributed by atoms with Crippen LogP contribution in [0.15, 0.2) is 42.6 Å². The first-order valence-corrected chi connectivity index (χ1v) is 12.4. The number of aromatic nitrogens is 5. The average Bonchev–Trinajstić information content (AvgIpc) is 3.42. The van der Waals surface area contributed by atoms with Crippen molar-refractivity contribution < 1.29 is 4.74 Å². The highest BCUT2D eigenvalue weighted by atomic mass is 16.5. The first kappa shape index (κ1) is 20.6. The second-order valence-electron chi connectivity index (χ2n) is 9.77. The van der Waals surface area contributed by atoms with Gasteiger partial charge in [0.1, 0.15) is 11.4 Å². The van der Waals surface area contributed by atoms with Crippen LogP contribution in [0.3, 0.4) is 0 Å². The lowest BCUT2D eigenvalue weighted by molar-refractivity contribution is 0.0431. The van der Waals surface area contributed by atoms with Crippen molar-refractivity contribution in [1.82, 2.24) is 25.1 Å². The third-order valence-electron chi connectivity index (χ3n) is 7.78. The van der Waals surface area contributed by atoms with Crippen LogP contribution in [0.25, 0.3) is 11.2 Å². The summed E-state index contributed by atoms with van der Waals surface area (Å²) in [7, 11) is 0. The predicted octanol–water partition coefficient (Wildman–Crippen LogP) is 3.57. The van der Waals surface area contributed by atoms with Crippen LogP contribution in [-0.4, -0.2) is 50.4 Å². The summed E-state index contributed by atoms with van der Waals surface area (Å²) >= 11 is 0. The Morgan fingerprint density at radius 2 is 1.91 bits per heavy atom. The van der Waals surface area contributed by atoms with Crippen molar-refractivity contribution in [2.75, 3.05) is 29.4 Å². The first-order valence-electron chi connectivity index (χ1n) is 12.4. The lowest BCUT2D eigenvalue weighted by atomic mass is 9.83. The zero-order valence-electron chi connectivity index (χ0n) is 19.7.